The topological polar surface area (TPSA) is 237 Å². The minimum atomic E-state index is -4.95. The second-order valence-corrected chi connectivity index (χ2v) is 28.9. The van der Waals surface area contributed by atoms with E-state index in [1.165, 1.54) is 205 Å². The van der Waals surface area contributed by atoms with Crippen molar-refractivity contribution in [2.75, 3.05) is 39.6 Å². The van der Waals surface area contributed by atoms with Crippen molar-refractivity contribution in [2.24, 2.45) is 0 Å². The van der Waals surface area contributed by atoms with Gasteiger partial charge in [0, 0.05) is 25.7 Å². The van der Waals surface area contributed by atoms with Crippen LogP contribution >= 0.6 is 15.6 Å². The molecule has 3 N–H and O–H groups in total. The van der Waals surface area contributed by atoms with Crippen LogP contribution in [0, 0.1) is 0 Å². The highest BCUT2D eigenvalue weighted by atomic mass is 31.2. The maximum absolute atomic E-state index is 13.0. The lowest BCUT2D eigenvalue weighted by Crippen LogP contribution is -2.30. The number of carbonyl (C=O) groups is 4. The fourth-order valence-electron chi connectivity index (χ4n) is 11.0. The Bertz CT molecular complexity index is 1740. The van der Waals surface area contributed by atoms with Gasteiger partial charge < -0.3 is 33.8 Å². The molecule has 0 amide bonds. The molecule has 0 heterocycles. The largest absolute Gasteiger partial charge is 0.472 e. The zero-order valence-electron chi connectivity index (χ0n) is 58.8. The van der Waals surface area contributed by atoms with Gasteiger partial charge in [0.2, 0.25) is 0 Å². The van der Waals surface area contributed by atoms with E-state index < -0.39 is 97.5 Å². The summed E-state index contributed by atoms with van der Waals surface area (Å²) in [5, 5.41) is 10.6. The molecule has 0 aromatic heterocycles. The maximum atomic E-state index is 13.0. The van der Waals surface area contributed by atoms with Crippen molar-refractivity contribution in [1.29, 1.82) is 0 Å². The normalized spacial score (nSPS) is 14.0. The molecule has 0 spiro atoms. The number of phosphoric acid groups is 2. The van der Waals surface area contributed by atoms with Gasteiger partial charge in [-0.05, 0) is 25.7 Å². The Morgan fingerprint density at radius 3 is 0.648 bits per heavy atom. The Labute approximate surface area is 556 Å². The van der Waals surface area contributed by atoms with Gasteiger partial charge in [0.05, 0.1) is 26.4 Å². The van der Waals surface area contributed by atoms with Crippen molar-refractivity contribution in [2.45, 2.75) is 399 Å². The average molecular weight is 1340 g/mol. The van der Waals surface area contributed by atoms with Crippen LogP contribution in [0.15, 0.2) is 0 Å². The first-order chi connectivity index (χ1) is 44.2. The number of esters is 4. The van der Waals surface area contributed by atoms with E-state index in [0.717, 1.165) is 96.3 Å². The highest BCUT2D eigenvalue weighted by Crippen LogP contribution is 2.45. The second-order valence-electron chi connectivity index (χ2n) is 26.0. The van der Waals surface area contributed by atoms with Crippen LogP contribution in [0.1, 0.15) is 381 Å². The third-order valence-electron chi connectivity index (χ3n) is 16.9. The van der Waals surface area contributed by atoms with Crippen molar-refractivity contribution >= 4 is 39.5 Å². The van der Waals surface area contributed by atoms with Gasteiger partial charge in [0.25, 0.3) is 0 Å². The molecule has 17 nitrogen and oxygen atoms in total. The second kappa shape index (κ2) is 66.7. The molecular weight excluding hydrogens is 1200 g/mol. The van der Waals surface area contributed by atoms with Crippen molar-refractivity contribution < 1.29 is 80.2 Å². The SMILES string of the molecule is CCCCCCCCCCCCCCCCCCCCCCC(=O)O[C@H](COC(=O)CCCCCCCCCCCCCC)COP(=O)(O)OC[C@@H](O)COP(=O)(O)OC[C@@H](COC(=O)CCCCCCCCCC)OC(=O)CCCCCCCCCCCCC. The number of carbonyl (C=O) groups excluding carboxylic acids is 4. The first kappa shape index (κ1) is 89.1. The van der Waals surface area contributed by atoms with E-state index in [-0.39, 0.29) is 25.7 Å². The molecule has 0 aliphatic carbocycles. The van der Waals surface area contributed by atoms with E-state index in [1.807, 2.05) is 0 Å². The summed E-state index contributed by atoms with van der Waals surface area (Å²) < 4.78 is 68.3. The van der Waals surface area contributed by atoms with Gasteiger partial charge >= 0.3 is 39.5 Å². The smallest absolute Gasteiger partial charge is 0.462 e. The van der Waals surface area contributed by atoms with Crippen molar-refractivity contribution in [3.8, 4) is 0 Å². The molecule has 0 aliphatic rings. The molecule has 91 heavy (non-hydrogen) atoms. The summed E-state index contributed by atoms with van der Waals surface area (Å²) in [5.74, 6) is -2.12. The van der Waals surface area contributed by atoms with Gasteiger partial charge in [-0.1, -0.05) is 329 Å². The standard InChI is InChI=1S/C72H140O17P2/c1-5-9-13-17-21-25-28-30-31-32-33-34-35-36-37-40-43-47-51-55-59-72(77)89-68(63-83-70(75)57-53-49-45-41-39-29-26-22-18-14-10-6-2)65-87-91(80,81)85-61-66(73)60-84-90(78,79)86-64-67(62-82-69(74)56-52-48-44-24-20-16-12-8-4)88-71(76)58-54-50-46-42-38-27-23-19-15-11-7-3/h66-68,73H,5-65H2,1-4H3,(H,78,79)(H,80,81)/t66-,67+,68+/m0/s1. The zero-order valence-corrected chi connectivity index (χ0v) is 60.6. The van der Waals surface area contributed by atoms with Gasteiger partial charge in [-0.15, -0.1) is 0 Å². The van der Waals surface area contributed by atoms with Crippen LogP contribution in [0.2, 0.25) is 0 Å². The van der Waals surface area contributed by atoms with Crippen LogP contribution in [0.5, 0.6) is 0 Å². The quantitative estimate of drug-likeness (QED) is 0.0222. The monoisotopic (exact) mass is 1340 g/mol. The van der Waals surface area contributed by atoms with Crippen LogP contribution in [0.25, 0.3) is 0 Å². The fraction of sp³-hybridized carbons (Fsp3) is 0.944. The molecule has 0 aromatic rings. The van der Waals surface area contributed by atoms with Crippen LogP contribution in [0.4, 0.5) is 0 Å². The lowest BCUT2D eigenvalue weighted by molar-refractivity contribution is -0.161. The predicted molar refractivity (Wildman–Crippen MR) is 368 cm³/mol. The Hall–Kier alpha value is -1.94. The van der Waals surface area contributed by atoms with Gasteiger partial charge in [-0.2, -0.15) is 0 Å². The number of ether oxygens (including phenoxy) is 4. The Morgan fingerprint density at radius 1 is 0.264 bits per heavy atom. The number of aliphatic hydroxyl groups is 1. The molecule has 540 valence electrons. The number of phosphoric ester groups is 2. The Morgan fingerprint density at radius 2 is 0.440 bits per heavy atom. The number of unbranched alkanes of at least 4 members (excludes halogenated alkanes) is 47. The van der Waals surface area contributed by atoms with Crippen LogP contribution in [-0.2, 0) is 65.4 Å². The van der Waals surface area contributed by atoms with Crippen LogP contribution in [0.3, 0.4) is 0 Å². The maximum Gasteiger partial charge on any atom is 0.472 e. The van der Waals surface area contributed by atoms with E-state index in [9.17, 15) is 43.2 Å². The van der Waals surface area contributed by atoms with E-state index in [0.29, 0.717) is 25.7 Å². The summed E-state index contributed by atoms with van der Waals surface area (Å²) >= 11 is 0. The average Bonchev–Trinajstić information content (AvgIpc) is 3.64. The molecule has 0 saturated heterocycles. The fourth-order valence-corrected chi connectivity index (χ4v) is 12.6. The van der Waals surface area contributed by atoms with E-state index in [4.69, 9.17) is 37.0 Å². The number of hydrogen-bond acceptors (Lipinski definition) is 15. The van der Waals surface area contributed by atoms with Crippen molar-refractivity contribution in [1.82, 2.24) is 0 Å². The molecule has 0 fully saturated rings. The van der Waals surface area contributed by atoms with Crippen LogP contribution < -0.4 is 0 Å². The lowest BCUT2D eigenvalue weighted by atomic mass is 10.0. The van der Waals surface area contributed by atoms with Gasteiger partial charge in [-0.25, -0.2) is 9.13 Å². The van der Waals surface area contributed by atoms with Gasteiger partial charge in [0.15, 0.2) is 12.2 Å². The first-order valence-electron chi connectivity index (χ1n) is 37.8. The summed E-state index contributed by atoms with van der Waals surface area (Å²) in [5.41, 5.74) is 0. The zero-order chi connectivity index (χ0) is 66.8. The molecule has 0 rings (SSSR count). The highest BCUT2D eigenvalue weighted by molar-refractivity contribution is 7.47. The molecule has 2 unspecified atom stereocenters. The molecule has 19 heteroatoms. The summed E-state index contributed by atoms with van der Waals surface area (Å²) in [4.78, 5) is 72.5. The molecule has 0 bridgehead atoms. The van der Waals surface area contributed by atoms with E-state index in [1.54, 1.807) is 0 Å². The summed E-state index contributed by atoms with van der Waals surface area (Å²) in [6.45, 7) is 4.93. The van der Waals surface area contributed by atoms with E-state index in [2.05, 4.69) is 27.7 Å². The summed E-state index contributed by atoms with van der Waals surface area (Å²) in [6, 6.07) is 0. The van der Waals surface area contributed by atoms with Crippen molar-refractivity contribution in [3.05, 3.63) is 0 Å². The van der Waals surface area contributed by atoms with Crippen LogP contribution in [-0.4, -0.2) is 96.7 Å². The van der Waals surface area contributed by atoms with Gasteiger partial charge in [0.1, 0.15) is 19.3 Å². The molecule has 0 radical (unpaired) electrons. The first-order valence-corrected chi connectivity index (χ1v) is 40.8. The number of rotatable bonds is 73. The highest BCUT2D eigenvalue weighted by Gasteiger charge is 2.30. The number of aliphatic hydroxyl groups excluding tert-OH is 1. The molecule has 0 saturated carbocycles. The lowest BCUT2D eigenvalue weighted by Gasteiger charge is -2.21. The van der Waals surface area contributed by atoms with Gasteiger partial charge in [-0.3, -0.25) is 37.3 Å². The molecular formula is C72H140O17P2. The minimum absolute atomic E-state index is 0.107. The summed E-state index contributed by atoms with van der Waals surface area (Å²) in [7, 11) is -9.89. The molecule has 5 atom stereocenters. The predicted octanol–water partition coefficient (Wildman–Crippen LogP) is 21.1. The third-order valence-corrected chi connectivity index (χ3v) is 18.8. The number of hydrogen-bond donors (Lipinski definition) is 3. The summed E-state index contributed by atoms with van der Waals surface area (Å²) in [6.07, 6.45) is 55.5. The van der Waals surface area contributed by atoms with E-state index >= 15 is 0 Å². The minimum Gasteiger partial charge on any atom is -0.462 e. The molecule has 0 aromatic carbocycles. The Balaban J connectivity index is 5.17. The Kier molecular flexibility index (Phi) is 65.2. The third kappa shape index (κ3) is 66.5. The molecule has 0 aliphatic heterocycles. The van der Waals surface area contributed by atoms with Crippen molar-refractivity contribution in [3.63, 3.8) is 0 Å².